The highest BCUT2D eigenvalue weighted by atomic mass is 35.5. The first-order valence-corrected chi connectivity index (χ1v) is 13.4. The van der Waals surface area contributed by atoms with Gasteiger partial charge in [-0.25, -0.2) is 14.8 Å². The smallest absolute Gasteiger partial charge is 0.354 e. The van der Waals surface area contributed by atoms with Crippen molar-refractivity contribution in [2.24, 2.45) is 7.05 Å². The maximum atomic E-state index is 11.4. The average Bonchev–Trinajstić information content (AvgIpc) is 3.42. The quantitative estimate of drug-likeness (QED) is 0.228. The Labute approximate surface area is 246 Å². The molecule has 13 nitrogen and oxygen atoms in total. The summed E-state index contributed by atoms with van der Waals surface area (Å²) in [7, 11) is 1.96. The molecule has 1 aromatic carbocycles. The number of aliphatic carboxylic acids is 1. The molecule has 40 heavy (non-hydrogen) atoms. The van der Waals surface area contributed by atoms with E-state index in [0.717, 1.165) is 40.2 Å². The predicted molar refractivity (Wildman–Crippen MR) is 155 cm³/mol. The number of anilines is 2. The molecule has 16 heteroatoms. The molecular formula is C24H34Cl3N7O6. The van der Waals surface area contributed by atoms with Crippen LogP contribution in [0.15, 0.2) is 29.3 Å². The Morgan fingerprint density at radius 1 is 1.25 bits per heavy atom. The van der Waals surface area contributed by atoms with Crippen LogP contribution >= 0.6 is 35.6 Å². The number of benzene rings is 1. The van der Waals surface area contributed by atoms with Crippen molar-refractivity contribution >= 4 is 64.2 Å². The number of aromatic nitrogens is 5. The fraction of sp³-hybridized carbons (Fsp3) is 0.542. The fourth-order valence-corrected chi connectivity index (χ4v) is 4.64. The Balaban J connectivity index is 0.000000290. The molecular weight excluding hydrogens is 589 g/mol. The van der Waals surface area contributed by atoms with Gasteiger partial charge in [0.2, 0.25) is 5.95 Å². The molecule has 1 fully saturated rings. The van der Waals surface area contributed by atoms with E-state index < -0.39 is 30.1 Å². The average molecular weight is 623 g/mol. The van der Waals surface area contributed by atoms with E-state index >= 15 is 0 Å². The number of carbonyl (C=O) groups is 1. The number of aliphatic hydroxyl groups excluding tert-OH is 2. The van der Waals surface area contributed by atoms with Crippen molar-refractivity contribution in [1.29, 1.82) is 0 Å². The van der Waals surface area contributed by atoms with Gasteiger partial charge in [-0.2, -0.15) is 4.98 Å². The second kappa shape index (κ2) is 15.9. The second-order valence-corrected chi connectivity index (χ2v) is 9.65. The van der Waals surface area contributed by atoms with E-state index in [2.05, 4.69) is 19.9 Å². The molecule has 1 aliphatic heterocycles. The minimum Gasteiger partial charge on any atom is -0.481 e. The van der Waals surface area contributed by atoms with Crippen molar-refractivity contribution < 1.29 is 24.9 Å². The van der Waals surface area contributed by atoms with Gasteiger partial charge in [0.1, 0.15) is 24.5 Å². The zero-order valence-electron chi connectivity index (χ0n) is 21.9. The lowest BCUT2D eigenvalue weighted by Crippen LogP contribution is -2.28. The SMILES string of the molecule is Cl.Cn1c(CCCC(=O)O)nc2cc(N(CCCl)CCCl)ccc21.Nc1ncn([C@H]2C[C@H](O)[C@@H](CO)O2)c(=O)n1. The molecule has 2 aromatic heterocycles. The molecule has 1 aliphatic rings. The summed E-state index contributed by atoms with van der Waals surface area (Å²) in [6.07, 6.45) is 0.659. The van der Waals surface area contributed by atoms with Crippen LogP contribution in [0.2, 0.25) is 0 Å². The lowest BCUT2D eigenvalue weighted by atomic mass is 10.2. The summed E-state index contributed by atoms with van der Waals surface area (Å²) >= 11 is 11.7. The van der Waals surface area contributed by atoms with E-state index in [9.17, 15) is 14.7 Å². The first-order valence-electron chi connectivity index (χ1n) is 12.4. The zero-order valence-corrected chi connectivity index (χ0v) is 24.2. The van der Waals surface area contributed by atoms with Gasteiger partial charge in [0.15, 0.2) is 0 Å². The molecule has 0 bridgehead atoms. The highest BCUT2D eigenvalue weighted by molar-refractivity contribution is 6.18. The Morgan fingerprint density at radius 3 is 2.52 bits per heavy atom. The lowest BCUT2D eigenvalue weighted by molar-refractivity contribution is -0.137. The summed E-state index contributed by atoms with van der Waals surface area (Å²) in [4.78, 5) is 36.0. The van der Waals surface area contributed by atoms with Crippen LogP contribution < -0.4 is 16.3 Å². The predicted octanol–water partition coefficient (Wildman–Crippen LogP) is 1.55. The molecule has 3 heterocycles. The van der Waals surface area contributed by atoms with E-state index in [1.807, 2.05) is 29.8 Å². The number of hydrogen-bond donors (Lipinski definition) is 4. The van der Waals surface area contributed by atoms with Gasteiger partial charge in [0.05, 0.1) is 23.7 Å². The van der Waals surface area contributed by atoms with E-state index in [1.165, 1.54) is 6.33 Å². The summed E-state index contributed by atoms with van der Waals surface area (Å²) in [6.45, 7) is 1.17. The molecule has 0 unspecified atom stereocenters. The molecule has 0 saturated carbocycles. The minimum atomic E-state index is -0.806. The molecule has 5 N–H and O–H groups in total. The van der Waals surface area contributed by atoms with Gasteiger partial charge in [0, 0.05) is 56.8 Å². The molecule has 3 atom stereocenters. The van der Waals surface area contributed by atoms with Crippen LogP contribution in [0.1, 0.15) is 31.3 Å². The maximum absolute atomic E-state index is 11.4. The highest BCUT2D eigenvalue weighted by Crippen LogP contribution is 2.27. The van der Waals surface area contributed by atoms with Crippen molar-refractivity contribution in [3.63, 3.8) is 0 Å². The first kappa shape index (κ1) is 33.5. The summed E-state index contributed by atoms with van der Waals surface area (Å²) < 4.78 is 8.43. The third-order valence-electron chi connectivity index (χ3n) is 6.26. The van der Waals surface area contributed by atoms with Crippen LogP contribution in [0.3, 0.4) is 0 Å². The number of aryl methyl sites for hydroxylation is 2. The number of nitrogens with two attached hydrogens (primary N) is 1. The summed E-state index contributed by atoms with van der Waals surface area (Å²) in [5, 5.41) is 27.1. The normalized spacial score (nSPS) is 18.2. The van der Waals surface area contributed by atoms with Crippen LogP contribution in [0.25, 0.3) is 11.0 Å². The first-order chi connectivity index (χ1) is 18.7. The van der Waals surface area contributed by atoms with Gasteiger partial charge < -0.3 is 35.3 Å². The summed E-state index contributed by atoms with van der Waals surface area (Å²) in [6, 6.07) is 6.12. The van der Waals surface area contributed by atoms with Gasteiger partial charge >= 0.3 is 11.7 Å². The lowest BCUT2D eigenvalue weighted by Gasteiger charge is -2.22. The summed E-state index contributed by atoms with van der Waals surface area (Å²) in [5.74, 6) is 1.09. The Morgan fingerprint density at radius 2 is 1.95 bits per heavy atom. The Bertz CT molecular complexity index is 1300. The Hall–Kier alpha value is -2.68. The van der Waals surface area contributed by atoms with Crippen molar-refractivity contribution in [2.75, 3.05) is 42.1 Å². The van der Waals surface area contributed by atoms with Crippen molar-refractivity contribution in [1.82, 2.24) is 24.1 Å². The number of nitrogens with zero attached hydrogens (tertiary/aromatic N) is 6. The molecule has 1 saturated heterocycles. The number of carboxylic acid groups (broad SMARTS) is 1. The van der Waals surface area contributed by atoms with Crippen molar-refractivity contribution in [2.45, 2.75) is 44.1 Å². The largest absolute Gasteiger partial charge is 0.481 e. The number of aliphatic hydroxyl groups is 2. The van der Waals surface area contributed by atoms with Crippen LogP contribution in [0.4, 0.5) is 11.6 Å². The van der Waals surface area contributed by atoms with Crippen LogP contribution in [0.5, 0.6) is 0 Å². The molecule has 0 aliphatic carbocycles. The van der Waals surface area contributed by atoms with Crippen LogP contribution in [0, 0.1) is 0 Å². The van der Waals surface area contributed by atoms with Crippen molar-refractivity contribution in [3.8, 4) is 0 Å². The number of imidazole rings is 1. The van der Waals surface area contributed by atoms with E-state index in [1.54, 1.807) is 0 Å². The molecule has 0 amide bonds. The van der Waals surface area contributed by atoms with Gasteiger partial charge in [-0.3, -0.25) is 9.36 Å². The molecule has 4 rings (SSSR count). The van der Waals surface area contributed by atoms with Gasteiger partial charge in [-0.15, -0.1) is 35.6 Å². The summed E-state index contributed by atoms with van der Waals surface area (Å²) in [5.41, 5.74) is 7.64. The van der Waals surface area contributed by atoms with E-state index in [4.69, 9.17) is 43.9 Å². The third-order valence-corrected chi connectivity index (χ3v) is 6.60. The number of carboxylic acids is 1. The van der Waals surface area contributed by atoms with E-state index in [0.29, 0.717) is 24.6 Å². The number of halogens is 3. The molecule has 3 aromatic rings. The number of alkyl halides is 2. The molecule has 222 valence electrons. The van der Waals surface area contributed by atoms with Crippen LogP contribution in [-0.2, 0) is 23.0 Å². The Kier molecular flexibility index (Phi) is 13.4. The monoisotopic (exact) mass is 621 g/mol. The second-order valence-electron chi connectivity index (χ2n) is 8.89. The van der Waals surface area contributed by atoms with E-state index in [-0.39, 0.29) is 37.8 Å². The fourth-order valence-electron chi connectivity index (χ4n) is 4.23. The zero-order chi connectivity index (χ0) is 28.5. The maximum Gasteiger partial charge on any atom is 0.354 e. The van der Waals surface area contributed by atoms with Gasteiger partial charge in [-0.05, 0) is 24.6 Å². The number of rotatable bonds is 11. The van der Waals surface area contributed by atoms with Crippen LogP contribution in [-0.4, -0.2) is 89.0 Å². The third kappa shape index (κ3) is 8.66. The topological polar surface area (TPSA) is 182 Å². The number of nitrogen functional groups attached to an aromatic ring is 1. The number of hydrogen-bond acceptors (Lipinski definition) is 10. The molecule has 0 radical (unpaired) electrons. The minimum absolute atomic E-state index is 0. The van der Waals surface area contributed by atoms with Gasteiger partial charge in [-0.1, -0.05) is 0 Å². The molecule has 0 spiro atoms. The number of fused-ring (bicyclic) bond motifs is 1. The standard InChI is InChI=1S/C16H21Cl2N3O2.C8H12N4O4.ClH/c1-20-14-6-5-12(21(9-7-17)10-8-18)11-13(14)19-15(20)3-2-4-16(22)23;9-7-10-3-12(8(15)11-7)6-1-4(14)5(2-13)16-6;/h5-6,11H,2-4,7-10H2,1H3,(H,22,23);3-6,13-14H,1-2H2,(H2,9,11,15);1H/t;4-,5+,6+;/m.0./s1. The number of ether oxygens (including phenoxy) is 1. The highest BCUT2D eigenvalue weighted by Gasteiger charge is 2.35. The van der Waals surface area contributed by atoms with Crippen molar-refractivity contribution in [3.05, 3.63) is 40.8 Å². The van der Waals surface area contributed by atoms with Gasteiger partial charge in [0.25, 0.3) is 0 Å².